The van der Waals surface area contributed by atoms with E-state index in [0.29, 0.717) is 13.0 Å². The number of H-pyrrole nitrogens is 1. The third-order valence-electron chi connectivity index (χ3n) is 9.56. The SMILES string of the molecule is CC(C)C[C@H](NC(=O)CNC(=O)[C@H](Cc1c[nH]c2ccccc12)NC(=O)[C@@H]1CCCN1)C(=O)N[C@@H](CO)C(=O)NCC(=O)N[C@@H](CCCNC(=N)N)C(=O)N[C@@H](CO)C(=O)O. The van der Waals surface area contributed by atoms with Crippen molar-refractivity contribution in [1.82, 2.24) is 52.8 Å². The maximum absolute atomic E-state index is 13.5. The van der Waals surface area contributed by atoms with Crippen molar-refractivity contribution in [1.29, 1.82) is 5.41 Å². The van der Waals surface area contributed by atoms with Crippen molar-refractivity contribution in [2.24, 2.45) is 11.7 Å². The van der Waals surface area contributed by atoms with Crippen LogP contribution >= 0.6 is 0 Å². The maximum atomic E-state index is 13.5. The van der Waals surface area contributed by atoms with Gasteiger partial charge in [-0.2, -0.15) is 0 Å². The van der Waals surface area contributed by atoms with Crippen molar-refractivity contribution in [2.45, 2.75) is 88.6 Å². The molecule has 3 rings (SSSR count). The normalized spacial score (nSPS) is 15.9. The number of carboxylic acid groups (broad SMARTS) is 1. The van der Waals surface area contributed by atoms with E-state index in [2.05, 4.69) is 52.8 Å². The minimum atomic E-state index is -1.66. The van der Waals surface area contributed by atoms with E-state index >= 15 is 0 Å². The molecular formula is C38H58N12O11. The summed E-state index contributed by atoms with van der Waals surface area (Å²) in [5.41, 5.74) is 6.86. The molecule has 23 heteroatoms. The number of carbonyl (C=O) groups is 8. The summed E-state index contributed by atoms with van der Waals surface area (Å²) in [7, 11) is 0. The van der Waals surface area contributed by atoms with Gasteiger partial charge < -0.3 is 73.9 Å². The predicted molar refractivity (Wildman–Crippen MR) is 219 cm³/mol. The Kier molecular flexibility index (Phi) is 19.8. The number of aromatic amines is 1. The highest BCUT2D eigenvalue weighted by molar-refractivity contribution is 5.96. The van der Waals surface area contributed by atoms with Crippen molar-refractivity contribution < 1.29 is 53.7 Å². The van der Waals surface area contributed by atoms with Gasteiger partial charge in [-0.1, -0.05) is 32.0 Å². The molecule has 16 N–H and O–H groups in total. The molecule has 2 heterocycles. The summed E-state index contributed by atoms with van der Waals surface area (Å²) in [6, 6.07) is 0.152. The molecule has 1 aliphatic heterocycles. The van der Waals surface area contributed by atoms with E-state index in [-0.39, 0.29) is 50.0 Å². The molecule has 0 saturated carbocycles. The predicted octanol–water partition coefficient (Wildman–Crippen LogP) is -4.50. The Labute approximate surface area is 351 Å². The second-order valence-electron chi connectivity index (χ2n) is 14.9. The fourth-order valence-electron chi connectivity index (χ4n) is 6.41. The van der Waals surface area contributed by atoms with Crippen molar-refractivity contribution in [3.8, 4) is 0 Å². The molecule has 61 heavy (non-hydrogen) atoms. The lowest BCUT2D eigenvalue weighted by Gasteiger charge is -2.24. The molecule has 6 atom stereocenters. The highest BCUT2D eigenvalue weighted by Gasteiger charge is 2.31. The molecular weight excluding hydrogens is 800 g/mol. The van der Waals surface area contributed by atoms with Crippen LogP contribution in [0.2, 0.25) is 0 Å². The molecule has 336 valence electrons. The van der Waals surface area contributed by atoms with Gasteiger partial charge in [0.1, 0.15) is 30.2 Å². The average Bonchev–Trinajstić information content (AvgIpc) is 3.91. The quantitative estimate of drug-likeness (QED) is 0.0254. The highest BCUT2D eigenvalue weighted by atomic mass is 16.4. The summed E-state index contributed by atoms with van der Waals surface area (Å²) in [4.78, 5) is 106. The van der Waals surface area contributed by atoms with Crippen LogP contribution in [0.3, 0.4) is 0 Å². The number of carbonyl (C=O) groups excluding carboxylic acids is 7. The number of hydrogen-bond donors (Lipinski definition) is 15. The zero-order chi connectivity index (χ0) is 45.1. The van der Waals surface area contributed by atoms with Gasteiger partial charge >= 0.3 is 5.97 Å². The Morgan fingerprint density at radius 2 is 1.39 bits per heavy atom. The number of carboxylic acids is 1. The van der Waals surface area contributed by atoms with Crippen molar-refractivity contribution in [2.75, 3.05) is 39.4 Å². The molecule has 1 saturated heterocycles. The van der Waals surface area contributed by atoms with Crippen molar-refractivity contribution >= 4 is 64.2 Å². The number of nitrogens with one attached hydrogen (secondary N) is 11. The molecule has 1 aromatic heterocycles. The number of guanidine groups is 1. The molecule has 0 radical (unpaired) electrons. The minimum absolute atomic E-state index is 0.0637. The molecule has 0 spiro atoms. The van der Waals surface area contributed by atoms with Crippen molar-refractivity contribution in [3.63, 3.8) is 0 Å². The third-order valence-corrected chi connectivity index (χ3v) is 9.56. The number of aliphatic carboxylic acids is 1. The summed E-state index contributed by atoms with van der Waals surface area (Å²) in [6.45, 7) is 1.20. The Morgan fingerprint density at radius 3 is 1.98 bits per heavy atom. The summed E-state index contributed by atoms with van der Waals surface area (Å²) >= 11 is 0. The average molecular weight is 859 g/mol. The topological polar surface area (TPSA) is 371 Å². The number of aliphatic hydroxyl groups is 2. The maximum Gasteiger partial charge on any atom is 0.328 e. The number of aromatic nitrogens is 1. The number of hydrogen-bond acceptors (Lipinski definition) is 12. The standard InChI is InChI=1S/C38H58N12O11/c1-20(2)13-26(47-31(54)17-44-32(55)27(48-34(57)24-9-5-11-41-24)14-21-15-43-23-8-4-3-7-22(21)23)36(59)49-28(18-51)33(56)45-16-30(53)46-25(10-6-12-42-38(39)40)35(58)50-29(19-52)37(60)61/h3-4,7-8,15,20,24-29,41,43,51-52H,5-6,9-14,16-19H2,1-2H3,(H,44,55)(H,45,56)(H,46,53)(H,47,54)(H,48,57)(H,49,59)(H,50,58)(H,60,61)(H4,39,40,42)/t24-,25-,26-,27-,28-,29-/m0/s1. The van der Waals surface area contributed by atoms with Gasteiger partial charge in [0.2, 0.25) is 41.4 Å². The van der Waals surface area contributed by atoms with E-state index in [1.807, 2.05) is 24.3 Å². The van der Waals surface area contributed by atoms with Crippen LogP contribution in [0.5, 0.6) is 0 Å². The minimum Gasteiger partial charge on any atom is -0.480 e. The number of nitrogens with two attached hydrogens (primary N) is 1. The zero-order valence-electron chi connectivity index (χ0n) is 34.1. The van der Waals surface area contributed by atoms with Crippen LogP contribution < -0.4 is 53.6 Å². The molecule has 2 aromatic rings. The number of amides is 7. The lowest BCUT2D eigenvalue weighted by atomic mass is 10.0. The van der Waals surface area contributed by atoms with Crippen LogP contribution in [0.15, 0.2) is 30.5 Å². The first-order valence-electron chi connectivity index (χ1n) is 19.9. The first kappa shape index (κ1) is 49.0. The monoisotopic (exact) mass is 858 g/mol. The van der Waals surface area contributed by atoms with Crippen LogP contribution in [0.25, 0.3) is 10.9 Å². The fourth-order valence-corrected chi connectivity index (χ4v) is 6.41. The Balaban J connectivity index is 1.59. The Bertz CT molecular complexity index is 1870. The van der Waals surface area contributed by atoms with E-state index in [1.54, 1.807) is 20.0 Å². The first-order valence-corrected chi connectivity index (χ1v) is 19.9. The Hall–Kier alpha value is -6.33. The molecule has 1 aromatic carbocycles. The van der Waals surface area contributed by atoms with Crippen LogP contribution in [0, 0.1) is 11.3 Å². The summed E-state index contributed by atoms with van der Waals surface area (Å²) in [5.74, 6) is -7.46. The molecule has 7 amide bonds. The van der Waals surface area contributed by atoms with Gasteiger partial charge in [-0.25, -0.2) is 4.79 Å². The van der Waals surface area contributed by atoms with E-state index in [0.717, 1.165) is 22.9 Å². The van der Waals surface area contributed by atoms with Gasteiger partial charge in [-0.15, -0.1) is 0 Å². The van der Waals surface area contributed by atoms with Crippen LogP contribution in [-0.4, -0.2) is 149 Å². The number of fused-ring (bicyclic) bond motifs is 1. The highest BCUT2D eigenvalue weighted by Crippen LogP contribution is 2.19. The third kappa shape index (κ3) is 16.3. The largest absolute Gasteiger partial charge is 0.480 e. The molecule has 0 aliphatic carbocycles. The molecule has 0 unspecified atom stereocenters. The van der Waals surface area contributed by atoms with E-state index < -0.39 is 104 Å². The molecule has 1 aliphatic rings. The van der Waals surface area contributed by atoms with Gasteiger partial charge in [-0.05, 0) is 56.2 Å². The number of aliphatic hydroxyl groups excluding tert-OH is 2. The summed E-state index contributed by atoms with van der Waals surface area (Å²) in [5, 5.41) is 59.1. The van der Waals surface area contributed by atoms with Crippen molar-refractivity contribution in [3.05, 3.63) is 36.0 Å². The molecule has 0 bridgehead atoms. The van der Waals surface area contributed by atoms with E-state index in [1.165, 1.54) is 0 Å². The number of para-hydroxylation sites is 1. The molecule has 23 nitrogen and oxygen atoms in total. The fraction of sp³-hybridized carbons (Fsp3) is 0.553. The Morgan fingerprint density at radius 1 is 0.787 bits per heavy atom. The first-order chi connectivity index (χ1) is 29.0. The van der Waals surface area contributed by atoms with Gasteiger partial charge in [0.05, 0.1) is 32.3 Å². The van der Waals surface area contributed by atoms with Gasteiger partial charge in [-0.3, -0.25) is 39.0 Å². The lowest BCUT2D eigenvalue weighted by Crippen LogP contribution is -2.58. The smallest absolute Gasteiger partial charge is 0.328 e. The van der Waals surface area contributed by atoms with Crippen LogP contribution in [0.4, 0.5) is 0 Å². The van der Waals surface area contributed by atoms with Gasteiger partial charge in [0.25, 0.3) is 0 Å². The van der Waals surface area contributed by atoms with Crippen LogP contribution in [0.1, 0.15) is 51.5 Å². The second kappa shape index (κ2) is 24.7. The summed E-state index contributed by atoms with van der Waals surface area (Å²) < 4.78 is 0. The van der Waals surface area contributed by atoms with E-state index in [4.69, 9.17) is 11.1 Å². The lowest BCUT2D eigenvalue weighted by molar-refractivity contribution is -0.143. The number of rotatable bonds is 25. The molecule has 1 fully saturated rings. The van der Waals surface area contributed by atoms with Crippen LogP contribution in [-0.2, 0) is 44.8 Å². The van der Waals surface area contributed by atoms with Gasteiger partial charge in [0.15, 0.2) is 5.96 Å². The number of benzene rings is 1. The van der Waals surface area contributed by atoms with Gasteiger partial charge in [0, 0.05) is 30.1 Å². The second-order valence-corrected chi connectivity index (χ2v) is 14.9. The summed E-state index contributed by atoms with van der Waals surface area (Å²) in [6.07, 6.45) is 3.49. The zero-order valence-corrected chi connectivity index (χ0v) is 34.1. The van der Waals surface area contributed by atoms with E-state index in [9.17, 15) is 53.7 Å².